The van der Waals surface area contributed by atoms with Gasteiger partial charge in [0.05, 0.1) is 13.2 Å². The molecule has 0 radical (unpaired) electrons. The lowest BCUT2D eigenvalue weighted by Gasteiger charge is -2.33. The number of rotatable bonds is 6. The Hall–Kier alpha value is -2.49. The number of hydrazine groups is 1. The summed E-state index contributed by atoms with van der Waals surface area (Å²) in [7, 11) is 0. The highest BCUT2D eigenvalue weighted by molar-refractivity contribution is 6.27. The van der Waals surface area contributed by atoms with E-state index in [2.05, 4.69) is 5.59 Å². The van der Waals surface area contributed by atoms with Crippen molar-refractivity contribution in [1.29, 1.82) is 0 Å². The molecule has 0 saturated carbocycles. The monoisotopic (exact) mass is 368 g/mol. The van der Waals surface area contributed by atoms with Crippen molar-refractivity contribution >= 4 is 17.9 Å². The molecular weight excluding hydrogens is 344 g/mol. The number of aliphatic carboxylic acids is 2. The van der Waals surface area contributed by atoms with Crippen molar-refractivity contribution in [3.63, 3.8) is 0 Å². The highest BCUT2D eigenvalue weighted by Crippen LogP contribution is 2.16. The molecular formula is C17H24N2O7. The molecule has 2 rings (SSSR count). The number of carbonyl (C=O) groups excluding carboxylic acids is 1. The molecule has 144 valence electrons. The van der Waals surface area contributed by atoms with E-state index in [-0.39, 0.29) is 12.0 Å². The molecule has 1 aliphatic rings. The summed E-state index contributed by atoms with van der Waals surface area (Å²) in [5.74, 6) is -3.83. The van der Waals surface area contributed by atoms with Gasteiger partial charge in [0.25, 0.3) is 0 Å². The third-order valence-electron chi connectivity index (χ3n) is 3.51. The first kappa shape index (κ1) is 21.6. The van der Waals surface area contributed by atoms with Gasteiger partial charge in [-0.05, 0) is 31.7 Å². The molecule has 9 nitrogen and oxygen atoms in total. The van der Waals surface area contributed by atoms with Gasteiger partial charge in [0.15, 0.2) is 0 Å². The van der Waals surface area contributed by atoms with Gasteiger partial charge in [0.1, 0.15) is 6.04 Å². The number of hydrogen-bond acceptors (Lipinski definition) is 7. The molecule has 0 bridgehead atoms. The average molecular weight is 368 g/mol. The van der Waals surface area contributed by atoms with E-state index in [9.17, 15) is 4.79 Å². The maximum Gasteiger partial charge on any atom is 0.414 e. The quantitative estimate of drug-likeness (QED) is 0.386. The fraction of sp³-hybridized carbons (Fsp3) is 0.471. The molecule has 3 N–H and O–H groups in total. The van der Waals surface area contributed by atoms with Crippen LogP contribution in [0.25, 0.3) is 0 Å². The average Bonchev–Trinajstić information content (AvgIpc) is 2.63. The minimum atomic E-state index is -1.82. The molecule has 0 amide bonds. The summed E-state index contributed by atoms with van der Waals surface area (Å²) in [5, 5.41) is 16.6. The minimum Gasteiger partial charge on any atom is -0.473 e. The van der Waals surface area contributed by atoms with Crippen LogP contribution in [-0.2, 0) is 30.6 Å². The van der Waals surface area contributed by atoms with Crippen LogP contribution in [0.2, 0.25) is 0 Å². The van der Waals surface area contributed by atoms with Gasteiger partial charge in [-0.25, -0.2) is 14.6 Å². The lowest BCUT2D eigenvalue weighted by Crippen LogP contribution is -2.52. The van der Waals surface area contributed by atoms with Gasteiger partial charge in [-0.1, -0.05) is 30.3 Å². The second-order valence-corrected chi connectivity index (χ2v) is 5.43. The first-order valence-electron chi connectivity index (χ1n) is 8.26. The topological polar surface area (TPSA) is 125 Å². The first-order valence-corrected chi connectivity index (χ1v) is 8.26. The standard InChI is InChI=1S/C15H22N2O3.C2H2O4/c1-2-19-15(18)14-10-6-7-11-17(14)16-20-12-13-8-4-3-5-9-13;3-1(4)2(5)6/h3-5,8-9,14,16H,2,6-7,10-12H2,1H3;(H,3,4)(H,5,6)/t14-;/m1./s1. The molecule has 0 aromatic heterocycles. The number of nitrogens with one attached hydrogen (secondary N) is 1. The van der Waals surface area contributed by atoms with Crippen molar-refractivity contribution in [2.24, 2.45) is 0 Å². The molecule has 1 heterocycles. The normalized spacial score (nSPS) is 16.9. The Bertz CT molecular complexity index is 568. The Morgan fingerprint density at radius 2 is 1.81 bits per heavy atom. The summed E-state index contributed by atoms with van der Waals surface area (Å²) in [6, 6.07) is 9.67. The van der Waals surface area contributed by atoms with E-state index in [1.54, 1.807) is 0 Å². The van der Waals surface area contributed by atoms with Crippen LogP contribution in [0.15, 0.2) is 30.3 Å². The number of carboxylic acid groups (broad SMARTS) is 2. The second kappa shape index (κ2) is 12.0. The molecule has 1 atom stereocenters. The third kappa shape index (κ3) is 8.06. The van der Waals surface area contributed by atoms with E-state index < -0.39 is 11.9 Å². The van der Waals surface area contributed by atoms with Crippen LogP contribution < -0.4 is 5.59 Å². The van der Waals surface area contributed by atoms with Crippen molar-refractivity contribution < 1.29 is 34.2 Å². The van der Waals surface area contributed by atoms with Gasteiger partial charge in [0, 0.05) is 6.54 Å². The first-order chi connectivity index (χ1) is 12.5. The zero-order valence-corrected chi connectivity index (χ0v) is 14.6. The van der Waals surface area contributed by atoms with E-state index >= 15 is 0 Å². The van der Waals surface area contributed by atoms with Gasteiger partial charge in [-0.3, -0.25) is 9.63 Å². The van der Waals surface area contributed by atoms with Crippen LogP contribution in [0, 0.1) is 0 Å². The predicted octanol–water partition coefficient (Wildman–Crippen LogP) is 1.20. The molecule has 0 spiro atoms. The van der Waals surface area contributed by atoms with E-state index in [4.69, 9.17) is 29.4 Å². The van der Waals surface area contributed by atoms with Crippen molar-refractivity contribution in [2.75, 3.05) is 13.2 Å². The smallest absolute Gasteiger partial charge is 0.414 e. The highest BCUT2D eigenvalue weighted by atomic mass is 16.7. The predicted molar refractivity (Wildman–Crippen MR) is 90.6 cm³/mol. The Balaban J connectivity index is 0.000000487. The number of esters is 1. The Labute approximate surface area is 151 Å². The van der Waals surface area contributed by atoms with Gasteiger partial charge in [-0.15, -0.1) is 5.59 Å². The SMILES string of the molecule is CCOC(=O)[C@H]1CCCCN1NOCc1ccccc1.O=C(O)C(=O)O. The zero-order chi connectivity index (χ0) is 19.4. The molecule has 1 aliphatic heterocycles. The van der Waals surface area contributed by atoms with Gasteiger partial charge >= 0.3 is 17.9 Å². The largest absolute Gasteiger partial charge is 0.473 e. The number of ether oxygens (including phenoxy) is 1. The van der Waals surface area contributed by atoms with Crippen LogP contribution in [0.3, 0.4) is 0 Å². The summed E-state index contributed by atoms with van der Waals surface area (Å²) < 4.78 is 5.10. The van der Waals surface area contributed by atoms with Crippen molar-refractivity contribution in [3.8, 4) is 0 Å². The van der Waals surface area contributed by atoms with Crippen molar-refractivity contribution in [3.05, 3.63) is 35.9 Å². The maximum atomic E-state index is 11.9. The highest BCUT2D eigenvalue weighted by Gasteiger charge is 2.30. The van der Waals surface area contributed by atoms with E-state index in [1.807, 2.05) is 42.3 Å². The van der Waals surface area contributed by atoms with Crippen LogP contribution in [0.1, 0.15) is 31.7 Å². The van der Waals surface area contributed by atoms with Crippen molar-refractivity contribution in [2.45, 2.75) is 38.8 Å². The van der Waals surface area contributed by atoms with Gasteiger partial charge in [0.2, 0.25) is 0 Å². The van der Waals surface area contributed by atoms with E-state index in [1.165, 1.54) is 0 Å². The zero-order valence-electron chi connectivity index (χ0n) is 14.6. The van der Waals surface area contributed by atoms with Crippen LogP contribution in [0.5, 0.6) is 0 Å². The summed E-state index contributed by atoms with van der Waals surface area (Å²) >= 11 is 0. The Kier molecular flexibility index (Phi) is 9.91. The Morgan fingerprint density at radius 1 is 1.15 bits per heavy atom. The number of carboxylic acids is 2. The molecule has 9 heteroatoms. The molecule has 0 aliphatic carbocycles. The number of benzene rings is 1. The van der Waals surface area contributed by atoms with Crippen LogP contribution in [0.4, 0.5) is 0 Å². The van der Waals surface area contributed by atoms with Gasteiger partial charge in [-0.2, -0.15) is 0 Å². The van der Waals surface area contributed by atoms with Crippen molar-refractivity contribution in [1.82, 2.24) is 10.6 Å². The minimum absolute atomic E-state index is 0.178. The number of nitrogens with zero attached hydrogens (tertiary/aromatic N) is 1. The number of hydrogen-bond donors (Lipinski definition) is 3. The number of carbonyl (C=O) groups is 3. The molecule has 1 saturated heterocycles. The lowest BCUT2D eigenvalue weighted by molar-refractivity contribution is -0.167. The number of piperidine rings is 1. The molecule has 1 aromatic carbocycles. The third-order valence-corrected chi connectivity index (χ3v) is 3.51. The van der Waals surface area contributed by atoms with Crippen LogP contribution in [-0.4, -0.2) is 52.3 Å². The Morgan fingerprint density at radius 3 is 2.38 bits per heavy atom. The lowest BCUT2D eigenvalue weighted by atomic mass is 10.0. The van der Waals surface area contributed by atoms with E-state index in [0.29, 0.717) is 13.2 Å². The van der Waals surface area contributed by atoms with E-state index in [0.717, 1.165) is 31.4 Å². The summed E-state index contributed by atoms with van der Waals surface area (Å²) in [5.41, 5.74) is 3.98. The fourth-order valence-electron chi connectivity index (χ4n) is 2.30. The fourth-order valence-corrected chi connectivity index (χ4v) is 2.30. The van der Waals surface area contributed by atoms with Crippen LogP contribution >= 0.6 is 0 Å². The second-order valence-electron chi connectivity index (χ2n) is 5.43. The summed E-state index contributed by atoms with van der Waals surface area (Å²) in [6.45, 7) is 3.49. The molecule has 0 unspecified atom stereocenters. The molecule has 26 heavy (non-hydrogen) atoms. The maximum absolute atomic E-state index is 11.9. The summed E-state index contributed by atoms with van der Waals surface area (Å²) in [4.78, 5) is 35.6. The molecule has 1 fully saturated rings. The molecule has 1 aromatic rings. The summed E-state index contributed by atoms with van der Waals surface area (Å²) in [6.07, 6.45) is 2.90. The van der Waals surface area contributed by atoms with Gasteiger partial charge < -0.3 is 14.9 Å².